The first-order valence-electron chi connectivity index (χ1n) is 10.5. The van der Waals surface area contributed by atoms with E-state index >= 15 is 0 Å². The van der Waals surface area contributed by atoms with Crippen LogP contribution in [-0.2, 0) is 10.2 Å². The number of anilines is 1. The Morgan fingerprint density at radius 1 is 1.13 bits per heavy atom. The van der Waals surface area contributed by atoms with E-state index in [1.807, 2.05) is 32.9 Å². The number of esters is 1. The van der Waals surface area contributed by atoms with Crippen LogP contribution in [0.2, 0.25) is 5.02 Å². The highest BCUT2D eigenvalue weighted by Crippen LogP contribution is 2.38. The van der Waals surface area contributed by atoms with E-state index < -0.39 is 12.1 Å². The van der Waals surface area contributed by atoms with Gasteiger partial charge in [-0.1, -0.05) is 58.4 Å². The van der Waals surface area contributed by atoms with Gasteiger partial charge in [-0.25, -0.2) is 9.59 Å². The molecule has 1 amide bonds. The molecule has 2 aromatic carbocycles. The Morgan fingerprint density at radius 2 is 1.81 bits per heavy atom. The van der Waals surface area contributed by atoms with Crippen LogP contribution in [0.15, 0.2) is 36.4 Å². The Balaban J connectivity index is 2.62. The molecular weight excluding hydrogens is 414 g/mol. The van der Waals surface area contributed by atoms with Gasteiger partial charge < -0.3 is 9.47 Å². The Bertz CT molecular complexity index is 947. The largest absolute Gasteiger partial charge is 0.449 e. The number of benzene rings is 2. The molecular formula is C25H32ClNO4. The second-order valence-corrected chi connectivity index (χ2v) is 9.43. The zero-order valence-corrected chi connectivity index (χ0v) is 20.2. The van der Waals surface area contributed by atoms with Gasteiger partial charge in [0, 0.05) is 11.6 Å². The molecule has 0 atom stereocenters. The standard InChI is InChI=1S/C25H32ClNO4/c1-8-30-24(29)27(15-16(2)3)21-14-19(25(5,6)7)12-17(4)22(21)31-23(28)18-10-9-11-20(26)13-18/h9-14,16H,8,15H2,1-7H3. The summed E-state index contributed by atoms with van der Waals surface area (Å²) in [5.41, 5.74) is 2.49. The van der Waals surface area contributed by atoms with Crippen LogP contribution in [-0.4, -0.2) is 25.2 Å². The predicted molar refractivity (Wildman–Crippen MR) is 125 cm³/mol. The van der Waals surface area contributed by atoms with Crippen molar-refractivity contribution in [2.45, 2.75) is 53.9 Å². The third kappa shape index (κ3) is 6.47. The molecule has 2 rings (SSSR count). The predicted octanol–water partition coefficient (Wildman–Crippen LogP) is 6.78. The third-order valence-corrected chi connectivity index (χ3v) is 4.94. The van der Waals surface area contributed by atoms with Gasteiger partial charge in [-0.05, 0) is 60.6 Å². The summed E-state index contributed by atoms with van der Waals surface area (Å²) in [7, 11) is 0. The van der Waals surface area contributed by atoms with Crippen LogP contribution in [0.5, 0.6) is 5.75 Å². The highest BCUT2D eigenvalue weighted by molar-refractivity contribution is 6.30. The summed E-state index contributed by atoms with van der Waals surface area (Å²) < 4.78 is 11.1. The molecule has 0 unspecified atom stereocenters. The van der Waals surface area contributed by atoms with Gasteiger partial charge >= 0.3 is 12.1 Å². The molecule has 168 valence electrons. The number of carbonyl (C=O) groups excluding carboxylic acids is 2. The van der Waals surface area contributed by atoms with Gasteiger partial charge in [0.15, 0.2) is 5.75 Å². The fraction of sp³-hybridized carbons (Fsp3) is 0.440. The van der Waals surface area contributed by atoms with Crippen molar-refractivity contribution in [2.24, 2.45) is 5.92 Å². The molecule has 0 heterocycles. The Labute approximate surface area is 190 Å². The van der Waals surface area contributed by atoms with E-state index in [-0.39, 0.29) is 17.9 Å². The zero-order valence-electron chi connectivity index (χ0n) is 19.4. The molecule has 0 saturated heterocycles. The van der Waals surface area contributed by atoms with Crippen LogP contribution in [0.1, 0.15) is 63.0 Å². The van der Waals surface area contributed by atoms with Gasteiger partial charge in [-0.15, -0.1) is 0 Å². The smallest absolute Gasteiger partial charge is 0.414 e. The summed E-state index contributed by atoms with van der Waals surface area (Å²) in [6, 6.07) is 10.5. The molecule has 6 heteroatoms. The highest BCUT2D eigenvalue weighted by atomic mass is 35.5. The van der Waals surface area contributed by atoms with E-state index in [9.17, 15) is 9.59 Å². The minimum absolute atomic E-state index is 0.160. The van der Waals surface area contributed by atoms with E-state index in [0.717, 1.165) is 11.1 Å². The monoisotopic (exact) mass is 445 g/mol. The van der Waals surface area contributed by atoms with E-state index in [1.165, 1.54) is 0 Å². The summed E-state index contributed by atoms with van der Waals surface area (Å²) in [6.07, 6.45) is -0.471. The maximum atomic E-state index is 12.9. The van der Waals surface area contributed by atoms with Crippen molar-refractivity contribution in [3.63, 3.8) is 0 Å². The van der Waals surface area contributed by atoms with Gasteiger partial charge in [0.1, 0.15) is 0 Å². The number of halogens is 1. The number of nitrogens with zero attached hydrogens (tertiary/aromatic N) is 1. The lowest BCUT2D eigenvalue weighted by molar-refractivity contribution is 0.0733. The first-order chi connectivity index (χ1) is 14.4. The van der Waals surface area contributed by atoms with Crippen LogP contribution >= 0.6 is 11.6 Å². The number of hydrogen-bond donors (Lipinski definition) is 0. The molecule has 0 bridgehead atoms. The average Bonchev–Trinajstić information content (AvgIpc) is 2.66. The lowest BCUT2D eigenvalue weighted by Gasteiger charge is -2.29. The maximum absolute atomic E-state index is 12.9. The number of ether oxygens (including phenoxy) is 2. The lowest BCUT2D eigenvalue weighted by Crippen LogP contribution is -2.35. The lowest BCUT2D eigenvalue weighted by atomic mass is 9.85. The first kappa shape index (κ1) is 24.7. The van der Waals surface area contributed by atoms with Crippen molar-refractivity contribution in [1.82, 2.24) is 0 Å². The Hall–Kier alpha value is -2.53. The minimum Gasteiger partial charge on any atom is -0.449 e. The molecule has 0 radical (unpaired) electrons. The van der Waals surface area contributed by atoms with E-state index in [0.29, 0.717) is 28.6 Å². The Morgan fingerprint density at radius 3 is 2.35 bits per heavy atom. The summed E-state index contributed by atoms with van der Waals surface area (Å²) in [5.74, 6) is -0.0186. The quantitative estimate of drug-likeness (QED) is 0.363. The van der Waals surface area contributed by atoms with Crippen LogP contribution < -0.4 is 9.64 Å². The van der Waals surface area contributed by atoms with Gasteiger partial charge in [-0.3, -0.25) is 4.90 Å². The summed E-state index contributed by atoms with van der Waals surface area (Å²) >= 11 is 6.03. The fourth-order valence-corrected chi connectivity index (χ4v) is 3.32. The zero-order chi connectivity index (χ0) is 23.3. The normalized spacial score (nSPS) is 11.4. The second-order valence-electron chi connectivity index (χ2n) is 8.99. The van der Waals surface area contributed by atoms with Crippen molar-refractivity contribution in [1.29, 1.82) is 0 Å². The number of amides is 1. The van der Waals surface area contributed by atoms with Gasteiger partial charge in [-0.2, -0.15) is 0 Å². The summed E-state index contributed by atoms with van der Waals surface area (Å²) in [5, 5.41) is 0.447. The van der Waals surface area contributed by atoms with Crippen LogP contribution in [0.3, 0.4) is 0 Å². The van der Waals surface area contributed by atoms with Crippen molar-refractivity contribution in [3.8, 4) is 5.75 Å². The number of rotatable bonds is 6. The Kier molecular flexibility index (Phi) is 8.13. The molecule has 2 aromatic rings. The van der Waals surface area contributed by atoms with Gasteiger partial charge in [0.05, 0.1) is 17.9 Å². The highest BCUT2D eigenvalue weighted by Gasteiger charge is 2.27. The molecule has 0 aliphatic heterocycles. The van der Waals surface area contributed by atoms with Crippen LogP contribution in [0.4, 0.5) is 10.5 Å². The minimum atomic E-state index is -0.538. The van der Waals surface area contributed by atoms with Crippen LogP contribution in [0, 0.1) is 12.8 Å². The molecule has 0 aliphatic rings. The molecule has 0 aromatic heterocycles. The average molecular weight is 446 g/mol. The molecule has 0 aliphatic carbocycles. The second kappa shape index (κ2) is 10.2. The molecule has 0 fully saturated rings. The number of hydrogen-bond acceptors (Lipinski definition) is 4. The SMILES string of the molecule is CCOC(=O)N(CC(C)C)c1cc(C(C)(C)C)cc(C)c1OC(=O)c1cccc(Cl)c1. The molecule has 31 heavy (non-hydrogen) atoms. The molecule has 0 saturated carbocycles. The number of carbonyl (C=O) groups is 2. The first-order valence-corrected chi connectivity index (χ1v) is 10.9. The summed E-state index contributed by atoms with van der Waals surface area (Å²) in [6.45, 7) is 14.6. The van der Waals surface area contributed by atoms with Crippen molar-refractivity contribution < 1.29 is 19.1 Å². The molecule has 5 nitrogen and oxygen atoms in total. The number of aryl methyl sites for hydroxylation is 1. The third-order valence-electron chi connectivity index (χ3n) is 4.70. The molecule has 0 N–H and O–H groups in total. The molecule has 0 spiro atoms. The van der Waals surface area contributed by atoms with Crippen molar-refractivity contribution in [2.75, 3.05) is 18.1 Å². The van der Waals surface area contributed by atoms with Crippen LogP contribution in [0.25, 0.3) is 0 Å². The fourth-order valence-electron chi connectivity index (χ4n) is 3.13. The van der Waals surface area contributed by atoms with E-state index in [1.54, 1.807) is 36.1 Å². The maximum Gasteiger partial charge on any atom is 0.414 e. The van der Waals surface area contributed by atoms with E-state index in [4.69, 9.17) is 21.1 Å². The van der Waals surface area contributed by atoms with Crippen molar-refractivity contribution >= 4 is 29.4 Å². The van der Waals surface area contributed by atoms with Gasteiger partial charge in [0.2, 0.25) is 0 Å². The van der Waals surface area contributed by atoms with Crippen molar-refractivity contribution in [3.05, 3.63) is 58.1 Å². The van der Waals surface area contributed by atoms with E-state index in [2.05, 4.69) is 20.8 Å². The van der Waals surface area contributed by atoms with Gasteiger partial charge in [0.25, 0.3) is 0 Å². The summed E-state index contributed by atoms with van der Waals surface area (Å²) in [4.78, 5) is 27.3. The topological polar surface area (TPSA) is 55.8 Å².